The molecule has 2 heterocycles. The Bertz CT molecular complexity index is 265. The Labute approximate surface area is 58.7 Å². The van der Waals surface area contributed by atoms with Crippen LogP contribution in [0.25, 0.3) is 0 Å². The van der Waals surface area contributed by atoms with Gasteiger partial charge in [0, 0.05) is 13.0 Å². The second kappa shape index (κ2) is 1.94. The summed E-state index contributed by atoms with van der Waals surface area (Å²) in [7, 11) is 0. The van der Waals surface area contributed by atoms with Gasteiger partial charge in [0.1, 0.15) is 11.5 Å². The molecule has 0 radical (unpaired) electrons. The second-order valence-electron chi connectivity index (χ2n) is 2.47. The highest BCUT2D eigenvalue weighted by Gasteiger charge is 2.13. The van der Waals surface area contributed by atoms with Crippen LogP contribution < -0.4 is 0 Å². The summed E-state index contributed by atoms with van der Waals surface area (Å²) in [6, 6.07) is 0. The summed E-state index contributed by atoms with van der Waals surface area (Å²) >= 11 is 0. The molecule has 0 N–H and O–H groups in total. The summed E-state index contributed by atoms with van der Waals surface area (Å²) in [5.41, 5.74) is 0.715. The van der Waals surface area contributed by atoms with Crippen molar-refractivity contribution in [2.24, 2.45) is 0 Å². The molecule has 0 amide bonds. The Balaban J connectivity index is 2.53. The lowest BCUT2D eigenvalue weighted by molar-refractivity contribution is 0.111. The van der Waals surface area contributed by atoms with Crippen LogP contribution in [0, 0.1) is 0 Å². The van der Waals surface area contributed by atoms with Crippen LogP contribution in [-0.4, -0.2) is 15.8 Å². The van der Waals surface area contributed by atoms with Crippen molar-refractivity contribution >= 4 is 6.29 Å². The monoisotopic (exact) mass is 136 g/mol. The molecule has 0 saturated carbocycles. The van der Waals surface area contributed by atoms with E-state index < -0.39 is 0 Å². The van der Waals surface area contributed by atoms with Gasteiger partial charge in [-0.05, 0) is 6.42 Å². The van der Waals surface area contributed by atoms with Crippen molar-refractivity contribution in [3.05, 3.63) is 17.7 Å². The second-order valence-corrected chi connectivity index (χ2v) is 2.47. The molecule has 0 spiro atoms. The number of rotatable bonds is 1. The minimum absolute atomic E-state index is 0.715. The van der Waals surface area contributed by atoms with Crippen LogP contribution in [0.3, 0.4) is 0 Å². The smallest absolute Gasteiger partial charge is 0.168 e. The first-order valence-electron chi connectivity index (χ1n) is 3.41. The lowest BCUT2D eigenvalue weighted by Gasteiger charge is -1.94. The van der Waals surface area contributed by atoms with Gasteiger partial charge in [0.2, 0.25) is 0 Å². The summed E-state index contributed by atoms with van der Waals surface area (Å²) in [6.07, 6.45) is 4.65. The Morgan fingerprint density at radius 1 is 1.70 bits per heavy atom. The van der Waals surface area contributed by atoms with Crippen LogP contribution in [0.5, 0.6) is 0 Å². The summed E-state index contributed by atoms with van der Waals surface area (Å²) in [4.78, 5) is 14.5. The number of nitrogens with zero attached hydrogens (tertiary/aromatic N) is 2. The average Bonchev–Trinajstić information content (AvgIpc) is 2.44. The van der Waals surface area contributed by atoms with Gasteiger partial charge in [0.25, 0.3) is 0 Å². The number of carbonyl (C=O) groups is 1. The zero-order chi connectivity index (χ0) is 6.97. The number of aryl methyl sites for hydroxylation is 1. The van der Waals surface area contributed by atoms with Crippen molar-refractivity contribution in [1.29, 1.82) is 0 Å². The highest BCUT2D eigenvalue weighted by molar-refractivity contribution is 5.71. The van der Waals surface area contributed by atoms with Gasteiger partial charge in [-0.1, -0.05) is 0 Å². The lowest BCUT2D eigenvalue weighted by Crippen LogP contribution is -1.96. The number of imidazole rings is 1. The van der Waals surface area contributed by atoms with Crippen LogP contribution >= 0.6 is 0 Å². The Hall–Kier alpha value is -1.12. The largest absolute Gasteiger partial charge is 0.326 e. The van der Waals surface area contributed by atoms with Crippen LogP contribution in [0.1, 0.15) is 22.7 Å². The SMILES string of the molecule is O=Cc1cnc2n1CCC2. The van der Waals surface area contributed by atoms with E-state index in [-0.39, 0.29) is 0 Å². The normalized spacial score (nSPS) is 15.2. The molecule has 3 heteroatoms. The molecule has 52 valence electrons. The molecule has 1 aliphatic rings. The molecule has 0 aromatic carbocycles. The summed E-state index contributed by atoms with van der Waals surface area (Å²) in [5, 5.41) is 0. The first-order valence-corrected chi connectivity index (χ1v) is 3.41. The first-order chi connectivity index (χ1) is 4.92. The minimum atomic E-state index is 0.715. The predicted octanol–water partition coefficient (Wildman–Crippen LogP) is 0.642. The number of hydrogen-bond acceptors (Lipinski definition) is 2. The van der Waals surface area contributed by atoms with Crippen molar-refractivity contribution in [2.45, 2.75) is 19.4 Å². The fourth-order valence-corrected chi connectivity index (χ4v) is 1.38. The number of carbonyl (C=O) groups excluding carboxylic acids is 1. The molecule has 2 rings (SSSR count). The van der Waals surface area contributed by atoms with E-state index in [1.165, 1.54) is 0 Å². The van der Waals surface area contributed by atoms with Crippen LogP contribution in [0.15, 0.2) is 6.20 Å². The minimum Gasteiger partial charge on any atom is -0.326 e. The van der Waals surface area contributed by atoms with E-state index in [1.54, 1.807) is 6.20 Å². The van der Waals surface area contributed by atoms with Gasteiger partial charge < -0.3 is 4.57 Å². The molecule has 0 unspecified atom stereocenters. The van der Waals surface area contributed by atoms with Gasteiger partial charge in [-0.15, -0.1) is 0 Å². The van der Waals surface area contributed by atoms with E-state index in [0.717, 1.165) is 31.5 Å². The predicted molar refractivity (Wildman–Crippen MR) is 35.9 cm³/mol. The highest BCUT2D eigenvalue weighted by Crippen LogP contribution is 2.14. The third-order valence-electron chi connectivity index (χ3n) is 1.87. The van der Waals surface area contributed by atoms with Crippen LogP contribution in [-0.2, 0) is 13.0 Å². The number of aromatic nitrogens is 2. The molecule has 0 saturated heterocycles. The summed E-state index contributed by atoms with van der Waals surface area (Å²) < 4.78 is 1.98. The maximum atomic E-state index is 10.4. The summed E-state index contributed by atoms with van der Waals surface area (Å²) in [5.74, 6) is 1.06. The molecule has 1 aromatic heterocycles. The number of aldehydes is 1. The fourth-order valence-electron chi connectivity index (χ4n) is 1.38. The Morgan fingerprint density at radius 3 is 3.40 bits per heavy atom. The van der Waals surface area contributed by atoms with Crippen molar-refractivity contribution in [3.8, 4) is 0 Å². The van der Waals surface area contributed by atoms with E-state index in [2.05, 4.69) is 4.98 Å². The zero-order valence-corrected chi connectivity index (χ0v) is 5.58. The lowest BCUT2D eigenvalue weighted by atomic mass is 10.4. The van der Waals surface area contributed by atoms with Crippen molar-refractivity contribution in [3.63, 3.8) is 0 Å². The Morgan fingerprint density at radius 2 is 2.60 bits per heavy atom. The average molecular weight is 136 g/mol. The van der Waals surface area contributed by atoms with Gasteiger partial charge in [-0.2, -0.15) is 0 Å². The maximum absolute atomic E-state index is 10.4. The number of fused-ring (bicyclic) bond motifs is 1. The molecular weight excluding hydrogens is 128 g/mol. The quantitative estimate of drug-likeness (QED) is 0.531. The van der Waals surface area contributed by atoms with Gasteiger partial charge in [-0.25, -0.2) is 4.98 Å². The molecule has 10 heavy (non-hydrogen) atoms. The van der Waals surface area contributed by atoms with Gasteiger partial charge in [0.05, 0.1) is 6.20 Å². The standard InChI is InChI=1S/C7H8N2O/c10-5-6-4-8-7-2-1-3-9(6)7/h4-5H,1-3H2. The molecule has 3 nitrogen and oxygen atoms in total. The maximum Gasteiger partial charge on any atom is 0.168 e. The van der Waals surface area contributed by atoms with Crippen LogP contribution in [0.2, 0.25) is 0 Å². The molecule has 1 aliphatic heterocycles. The van der Waals surface area contributed by atoms with Crippen molar-refractivity contribution < 1.29 is 4.79 Å². The van der Waals surface area contributed by atoms with Gasteiger partial charge in [-0.3, -0.25) is 4.79 Å². The molecule has 0 atom stereocenters. The van der Waals surface area contributed by atoms with E-state index in [9.17, 15) is 4.79 Å². The highest BCUT2D eigenvalue weighted by atomic mass is 16.1. The van der Waals surface area contributed by atoms with Crippen LogP contribution in [0.4, 0.5) is 0 Å². The third-order valence-corrected chi connectivity index (χ3v) is 1.87. The molecule has 1 aromatic rings. The molecular formula is C7H8N2O. The zero-order valence-electron chi connectivity index (χ0n) is 5.58. The Kier molecular flexibility index (Phi) is 1.09. The molecule has 0 bridgehead atoms. The first kappa shape index (κ1) is 5.65. The fraction of sp³-hybridized carbons (Fsp3) is 0.429. The third kappa shape index (κ3) is 0.602. The van der Waals surface area contributed by atoms with Crippen molar-refractivity contribution in [1.82, 2.24) is 9.55 Å². The van der Waals surface area contributed by atoms with Gasteiger partial charge >= 0.3 is 0 Å². The van der Waals surface area contributed by atoms with E-state index >= 15 is 0 Å². The van der Waals surface area contributed by atoms with Gasteiger partial charge in [0.15, 0.2) is 6.29 Å². The topological polar surface area (TPSA) is 34.9 Å². The number of hydrogen-bond donors (Lipinski definition) is 0. The van der Waals surface area contributed by atoms with E-state index in [1.807, 2.05) is 4.57 Å². The van der Waals surface area contributed by atoms with E-state index in [0.29, 0.717) is 5.69 Å². The van der Waals surface area contributed by atoms with E-state index in [4.69, 9.17) is 0 Å². The molecule has 0 aliphatic carbocycles. The van der Waals surface area contributed by atoms with Crippen molar-refractivity contribution in [2.75, 3.05) is 0 Å². The summed E-state index contributed by atoms with van der Waals surface area (Å²) in [6.45, 7) is 0.962. The molecule has 0 fully saturated rings.